The number of hydrogen-bond donors (Lipinski definition) is 3. The number of rotatable bonds is 60. The summed E-state index contributed by atoms with van der Waals surface area (Å²) in [4.78, 5) is 12.5. The minimum absolute atomic E-state index is 0.0577. The number of nitrogens with one attached hydrogen (secondary N) is 1. The first kappa shape index (κ1) is 69.3. The molecule has 0 spiro atoms. The maximum Gasteiger partial charge on any atom is 0.220 e. The van der Waals surface area contributed by atoms with Crippen molar-refractivity contribution in [1.82, 2.24) is 5.32 Å². The summed E-state index contributed by atoms with van der Waals surface area (Å²) in [6, 6.07) is -0.623. The van der Waals surface area contributed by atoms with Gasteiger partial charge in [0, 0.05) is 6.42 Å². The maximum atomic E-state index is 12.5. The topological polar surface area (TPSA) is 69.6 Å². The highest BCUT2D eigenvalue weighted by molar-refractivity contribution is 5.76. The van der Waals surface area contributed by atoms with Gasteiger partial charge in [0.25, 0.3) is 0 Å². The fourth-order valence-corrected chi connectivity index (χ4v) is 10.1. The molecule has 0 radical (unpaired) electrons. The van der Waals surface area contributed by atoms with Crippen molar-refractivity contribution in [3.8, 4) is 0 Å². The van der Waals surface area contributed by atoms with Crippen LogP contribution in [-0.4, -0.2) is 34.9 Å². The Hall–Kier alpha value is -1.65. The zero-order valence-corrected chi connectivity index (χ0v) is 48.3. The fourth-order valence-electron chi connectivity index (χ4n) is 10.1. The van der Waals surface area contributed by atoms with Crippen LogP contribution >= 0.6 is 0 Å². The molecule has 0 rings (SSSR count). The third-order valence-electron chi connectivity index (χ3n) is 15.1. The minimum Gasteiger partial charge on any atom is -0.394 e. The minimum atomic E-state index is -0.840. The van der Waals surface area contributed by atoms with E-state index >= 15 is 0 Å². The van der Waals surface area contributed by atoms with Gasteiger partial charge in [-0.1, -0.05) is 339 Å². The van der Waals surface area contributed by atoms with Crippen molar-refractivity contribution in [2.24, 2.45) is 0 Å². The summed E-state index contributed by atoms with van der Waals surface area (Å²) in [6.07, 6.45) is 87.4. The third-order valence-corrected chi connectivity index (χ3v) is 15.1. The lowest BCUT2D eigenvalue weighted by Crippen LogP contribution is -2.45. The molecule has 0 fully saturated rings. The number of unbranched alkanes of at least 4 members (excludes halogenated alkanes) is 47. The van der Waals surface area contributed by atoms with Crippen LogP contribution in [-0.2, 0) is 4.79 Å². The van der Waals surface area contributed by atoms with E-state index in [1.165, 1.54) is 295 Å². The van der Waals surface area contributed by atoms with Crippen molar-refractivity contribution < 1.29 is 15.0 Å². The summed E-state index contributed by atoms with van der Waals surface area (Å²) < 4.78 is 0. The average Bonchev–Trinajstić information content (AvgIpc) is 3.37. The molecule has 4 nitrogen and oxygen atoms in total. The summed E-state index contributed by atoms with van der Waals surface area (Å²) in [5, 5.41) is 23.3. The van der Waals surface area contributed by atoms with Crippen molar-refractivity contribution in [3.63, 3.8) is 0 Å². The number of hydrogen-bond acceptors (Lipinski definition) is 3. The second-order valence-electron chi connectivity index (χ2n) is 22.2. The largest absolute Gasteiger partial charge is 0.394 e. The predicted molar refractivity (Wildman–Crippen MR) is 318 cm³/mol. The molecule has 2 unspecified atom stereocenters. The first-order chi connectivity index (χ1) is 35.2. The summed E-state index contributed by atoms with van der Waals surface area (Å²) in [5.74, 6) is -0.0577. The molecule has 0 aromatic carbocycles. The van der Waals surface area contributed by atoms with Crippen LogP contribution in [0.3, 0.4) is 0 Å². The monoisotopic (exact) mass is 994 g/mol. The van der Waals surface area contributed by atoms with Gasteiger partial charge in [0.05, 0.1) is 18.8 Å². The highest BCUT2D eigenvalue weighted by atomic mass is 16.3. The average molecular weight is 995 g/mol. The number of allylic oxidation sites excluding steroid dienone is 7. The Kier molecular flexibility index (Phi) is 61.2. The van der Waals surface area contributed by atoms with Gasteiger partial charge in [-0.15, -0.1) is 0 Å². The first-order valence-electron chi connectivity index (χ1n) is 32.4. The van der Waals surface area contributed by atoms with E-state index in [-0.39, 0.29) is 12.5 Å². The van der Waals surface area contributed by atoms with Crippen molar-refractivity contribution in [2.45, 2.75) is 366 Å². The second-order valence-corrected chi connectivity index (χ2v) is 22.2. The first-order valence-corrected chi connectivity index (χ1v) is 32.4. The van der Waals surface area contributed by atoms with Crippen LogP contribution in [0, 0.1) is 0 Å². The molecule has 0 saturated heterocycles. The molecule has 0 aliphatic carbocycles. The molecule has 0 saturated carbocycles. The summed E-state index contributed by atoms with van der Waals surface area (Å²) >= 11 is 0. The van der Waals surface area contributed by atoms with E-state index in [4.69, 9.17) is 0 Å². The molecule has 3 N–H and O–H groups in total. The summed E-state index contributed by atoms with van der Waals surface area (Å²) in [6.45, 7) is 4.33. The molecule has 0 bridgehead atoms. The molecule has 0 aromatic heterocycles. The third kappa shape index (κ3) is 59.1. The van der Waals surface area contributed by atoms with Crippen LogP contribution in [0.1, 0.15) is 354 Å². The molecule has 0 aliphatic heterocycles. The Balaban J connectivity index is 3.44. The Morgan fingerprint density at radius 2 is 0.577 bits per heavy atom. The van der Waals surface area contributed by atoms with Gasteiger partial charge < -0.3 is 15.5 Å². The Labute approximate surface area is 445 Å². The number of amides is 1. The molecule has 0 aliphatic rings. The Morgan fingerprint density at radius 1 is 0.338 bits per heavy atom. The van der Waals surface area contributed by atoms with Gasteiger partial charge in [0.2, 0.25) is 5.91 Å². The summed E-state index contributed by atoms with van der Waals surface area (Å²) in [5.41, 5.74) is 0. The number of aliphatic hydroxyl groups is 2. The molecule has 4 heteroatoms. The predicted octanol–water partition coefficient (Wildman–Crippen LogP) is 21.8. The van der Waals surface area contributed by atoms with Gasteiger partial charge in [-0.2, -0.15) is 0 Å². The zero-order valence-electron chi connectivity index (χ0n) is 48.3. The van der Waals surface area contributed by atoms with E-state index in [2.05, 4.69) is 55.6 Å². The molecular formula is C67H127NO3. The van der Waals surface area contributed by atoms with Gasteiger partial charge in [0.1, 0.15) is 0 Å². The molecule has 1 amide bonds. The normalized spacial score (nSPS) is 13.0. The smallest absolute Gasteiger partial charge is 0.220 e. The summed E-state index contributed by atoms with van der Waals surface area (Å²) in [7, 11) is 0. The molecule has 0 heterocycles. The molecule has 418 valence electrons. The fraction of sp³-hybridized carbons (Fsp3) is 0.866. The molecule has 0 aromatic rings. The van der Waals surface area contributed by atoms with E-state index in [0.717, 1.165) is 38.5 Å². The van der Waals surface area contributed by atoms with Crippen molar-refractivity contribution >= 4 is 5.91 Å². The van der Waals surface area contributed by atoms with Crippen LogP contribution < -0.4 is 5.32 Å². The second kappa shape index (κ2) is 62.6. The van der Waals surface area contributed by atoms with Crippen LogP contribution in [0.25, 0.3) is 0 Å². The van der Waals surface area contributed by atoms with Crippen LogP contribution in [0.2, 0.25) is 0 Å². The van der Waals surface area contributed by atoms with Gasteiger partial charge in [-0.05, 0) is 57.8 Å². The van der Waals surface area contributed by atoms with E-state index in [1.807, 2.05) is 6.08 Å². The number of aliphatic hydroxyl groups excluding tert-OH is 2. The lowest BCUT2D eigenvalue weighted by Gasteiger charge is -2.20. The van der Waals surface area contributed by atoms with Gasteiger partial charge in [-0.25, -0.2) is 0 Å². The lowest BCUT2D eigenvalue weighted by molar-refractivity contribution is -0.123. The van der Waals surface area contributed by atoms with Crippen molar-refractivity contribution in [1.29, 1.82) is 0 Å². The standard InChI is InChI=1S/C67H127NO3/c1-3-5-7-9-11-13-15-17-19-21-23-25-27-29-30-31-32-33-34-35-36-37-38-39-41-43-45-47-49-51-53-55-57-59-61-63-67(71)68-65(64-69)66(70)62-60-58-56-54-52-50-48-46-44-42-40-28-26-24-22-20-18-16-14-12-10-8-6-4-2/h15,17,21,23,27,29,60,62,65-66,69-70H,3-14,16,18-20,22,24-26,28,30-59,61,63-64H2,1-2H3,(H,68,71)/b17-15-,23-21-,29-27-,62-60+. The van der Waals surface area contributed by atoms with Crippen LogP contribution in [0.5, 0.6) is 0 Å². The number of carbonyl (C=O) groups is 1. The van der Waals surface area contributed by atoms with E-state index in [9.17, 15) is 15.0 Å². The highest BCUT2D eigenvalue weighted by Crippen LogP contribution is 2.18. The highest BCUT2D eigenvalue weighted by Gasteiger charge is 2.18. The lowest BCUT2D eigenvalue weighted by atomic mass is 10.0. The Morgan fingerprint density at radius 3 is 0.859 bits per heavy atom. The Bertz CT molecular complexity index is 1130. The van der Waals surface area contributed by atoms with Crippen molar-refractivity contribution in [3.05, 3.63) is 48.6 Å². The van der Waals surface area contributed by atoms with Gasteiger partial charge in [-0.3, -0.25) is 4.79 Å². The van der Waals surface area contributed by atoms with E-state index in [0.29, 0.717) is 6.42 Å². The quantitative estimate of drug-likeness (QED) is 0.0420. The molecule has 71 heavy (non-hydrogen) atoms. The van der Waals surface area contributed by atoms with E-state index < -0.39 is 12.1 Å². The van der Waals surface area contributed by atoms with E-state index in [1.54, 1.807) is 6.08 Å². The van der Waals surface area contributed by atoms with Gasteiger partial charge >= 0.3 is 0 Å². The maximum absolute atomic E-state index is 12.5. The molecular weight excluding hydrogens is 867 g/mol. The van der Waals surface area contributed by atoms with Crippen LogP contribution in [0.4, 0.5) is 0 Å². The van der Waals surface area contributed by atoms with Gasteiger partial charge in [0.15, 0.2) is 0 Å². The SMILES string of the molecule is CCCCCCC/C=C\C/C=C\C/C=C\CCCCCCCCCCCCCCCCCCCCCCC(=O)NC(CO)C(O)/C=C/CCCCCCCCCCCCCCCCCCCCCCCC. The molecule has 2 atom stereocenters. The van der Waals surface area contributed by atoms with Crippen LogP contribution in [0.15, 0.2) is 48.6 Å². The zero-order chi connectivity index (χ0) is 51.3. The number of carbonyl (C=O) groups excluding carboxylic acids is 1. The van der Waals surface area contributed by atoms with Crippen molar-refractivity contribution in [2.75, 3.05) is 6.61 Å².